The molecule has 11 heteroatoms. The number of methoxy groups -OCH3 is 1. The zero-order valence-electron chi connectivity index (χ0n) is 16.1. The average molecular weight is 447 g/mol. The summed E-state index contributed by atoms with van der Waals surface area (Å²) >= 11 is 6.00. The zero-order chi connectivity index (χ0) is 21.8. The fourth-order valence-corrected chi connectivity index (χ4v) is 4.03. The maximum atomic E-state index is 12.5. The standard InChI is InChI=1S/C18H23ClN2O7S/c1-3-29(26,27)7-6-13(18(24)25)20-17(23)11-8-16(22)21(10-11)14-9-12(19)4-5-15(14)28-2/h4-5,9,11,13H,3,6-8,10H2,1-2H3,(H,20,23)(H,24,25). The van der Waals surface area contributed by atoms with Crippen LogP contribution in [0.1, 0.15) is 19.8 Å². The second-order valence-corrected chi connectivity index (χ2v) is 9.56. The van der Waals surface area contributed by atoms with Gasteiger partial charge in [-0.1, -0.05) is 18.5 Å². The van der Waals surface area contributed by atoms with Gasteiger partial charge in [0.25, 0.3) is 0 Å². The first-order valence-electron chi connectivity index (χ1n) is 8.95. The van der Waals surface area contributed by atoms with Crippen molar-refractivity contribution >= 4 is 44.9 Å². The Kier molecular flexibility index (Phi) is 7.48. The molecule has 0 spiro atoms. The molecule has 1 aromatic rings. The molecule has 2 amide bonds. The molecule has 1 fully saturated rings. The normalized spacial score (nSPS) is 17.8. The van der Waals surface area contributed by atoms with Gasteiger partial charge in [0.2, 0.25) is 11.8 Å². The van der Waals surface area contributed by atoms with Gasteiger partial charge < -0.3 is 20.1 Å². The van der Waals surface area contributed by atoms with Crippen LogP contribution in [0.2, 0.25) is 5.02 Å². The molecule has 2 N–H and O–H groups in total. The molecule has 0 aliphatic carbocycles. The van der Waals surface area contributed by atoms with Crippen LogP contribution in [0, 0.1) is 5.92 Å². The highest BCUT2D eigenvalue weighted by Gasteiger charge is 2.37. The van der Waals surface area contributed by atoms with Crippen molar-refractivity contribution < 1.29 is 32.6 Å². The van der Waals surface area contributed by atoms with Crippen LogP contribution < -0.4 is 15.0 Å². The Balaban J connectivity index is 2.09. The lowest BCUT2D eigenvalue weighted by Crippen LogP contribution is -2.45. The van der Waals surface area contributed by atoms with E-state index in [4.69, 9.17) is 16.3 Å². The number of aliphatic carboxylic acids is 1. The van der Waals surface area contributed by atoms with Crippen LogP contribution >= 0.6 is 11.6 Å². The van der Waals surface area contributed by atoms with Crippen molar-refractivity contribution in [1.82, 2.24) is 5.32 Å². The number of nitrogens with one attached hydrogen (secondary N) is 1. The van der Waals surface area contributed by atoms with Crippen molar-refractivity contribution in [1.29, 1.82) is 0 Å². The Labute approximate surface area is 173 Å². The summed E-state index contributed by atoms with van der Waals surface area (Å²) in [6.07, 6.45) is -0.356. The third-order valence-corrected chi connectivity index (χ3v) is 6.67. The van der Waals surface area contributed by atoms with Crippen LogP contribution in [0.25, 0.3) is 0 Å². The first-order chi connectivity index (χ1) is 13.6. The summed E-state index contributed by atoms with van der Waals surface area (Å²) in [5.74, 6) is -3.11. The molecule has 0 saturated carbocycles. The third-order valence-electron chi connectivity index (χ3n) is 4.70. The van der Waals surface area contributed by atoms with Crippen molar-refractivity contribution in [3.05, 3.63) is 23.2 Å². The number of halogens is 1. The van der Waals surface area contributed by atoms with Gasteiger partial charge in [-0.2, -0.15) is 0 Å². The van der Waals surface area contributed by atoms with Crippen molar-refractivity contribution in [3.8, 4) is 5.75 Å². The number of carboxylic acids is 1. The fourth-order valence-electron chi connectivity index (χ4n) is 2.98. The number of rotatable bonds is 9. The summed E-state index contributed by atoms with van der Waals surface area (Å²) in [6.45, 7) is 1.49. The second kappa shape index (κ2) is 9.45. The van der Waals surface area contributed by atoms with E-state index in [9.17, 15) is 27.9 Å². The maximum Gasteiger partial charge on any atom is 0.326 e. The Morgan fingerprint density at radius 1 is 1.41 bits per heavy atom. The van der Waals surface area contributed by atoms with Gasteiger partial charge in [-0.3, -0.25) is 9.59 Å². The second-order valence-electron chi connectivity index (χ2n) is 6.65. The molecule has 2 unspecified atom stereocenters. The molecule has 1 heterocycles. The van der Waals surface area contributed by atoms with E-state index in [1.165, 1.54) is 18.9 Å². The molecule has 0 aromatic heterocycles. The zero-order valence-corrected chi connectivity index (χ0v) is 17.6. The predicted octanol–water partition coefficient (Wildman–Crippen LogP) is 1.10. The third kappa shape index (κ3) is 5.83. The van der Waals surface area contributed by atoms with Gasteiger partial charge in [-0.05, 0) is 24.6 Å². The SMILES string of the molecule is CCS(=O)(=O)CCC(NC(=O)C1CC(=O)N(c2cc(Cl)ccc2OC)C1)C(=O)O. The molecule has 0 radical (unpaired) electrons. The monoisotopic (exact) mass is 446 g/mol. The van der Waals surface area contributed by atoms with E-state index in [2.05, 4.69) is 5.32 Å². The molecular formula is C18H23ClN2O7S. The lowest BCUT2D eigenvalue weighted by molar-refractivity contribution is -0.142. The summed E-state index contributed by atoms with van der Waals surface area (Å²) in [4.78, 5) is 37.7. The van der Waals surface area contributed by atoms with Crippen LogP contribution in [-0.4, -0.2) is 62.5 Å². The largest absolute Gasteiger partial charge is 0.495 e. The highest BCUT2D eigenvalue weighted by molar-refractivity contribution is 7.91. The number of benzene rings is 1. The fraction of sp³-hybridized carbons (Fsp3) is 0.500. The van der Waals surface area contributed by atoms with Gasteiger partial charge in [-0.25, -0.2) is 13.2 Å². The van der Waals surface area contributed by atoms with Gasteiger partial charge in [0.05, 0.1) is 24.5 Å². The minimum absolute atomic E-state index is 0.0287. The highest BCUT2D eigenvalue weighted by atomic mass is 35.5. The molecule has 29 heavy (non-hydrogen) atoms. The summed E-state index contributed by atoms with van der Waals surface area (Å²) in [6, 6.07) is 3.41. The van der Waals surface area contributed by atoms with Crippen LogP contribution in [0.3, 0.4) is 0 Å². The summed E-state index contributed by atoms with van der Waals surface area (Å²) in [5, 5.41) is 12.0. The number of carboxylic acid groups (broad SMARTS) is 1. The van der Waals surface area contributed by atoms with Crippen molar-refractivity contribution in [2.24, 2.45) is 5.92 Å². The van der Waals surface area contributed by atoms with E-state index in [1.54, 1.807) is 18.2 Å². The van der Waals surface area contributed by atoms with Gasteiger partial charge in [-0.15, -0.1) is 0 Å². The number of nitrogens with zero attached hydrogens (tertiary/aromatic N) is 1. The van der Waals surface area contributed by atoms with Crippen LogP contribution in [0.4, 0.5) is 5.69 Å². The molecule has 9 nitrogen and oxygen atoms in total. The molecule has 0 bridgehead atoms. The lowest BCUT2D eigenvalue weighted by atomic mass is 10.1. The van der Waals surface area contributed by atoms with E-state index in [1.807, 2.05) is 0 Å². The topological polar surface area (TPSA) is 130 Å². The number of amides is 2. The Hall–Kier alpha value is -2.33. The number of hydrogen-bond donors (Lipinski definition) is 2. The van der Waals surface area contributed by atoms with E-state index < -0.39 is 33.7 Å². The molecule has 160 valence electrons. The summed E-state index contributed by atoms with van der Waals surface area (Å²) in [5.41, 5.74) is 0.420. The van der Waals surface area contributed by atoms with E-state index in [0.29, 0.717) is 16.5 Å². The molecule has 1 saturated heterocycles. The van der Waals surface area contributed by atoms with E-state index in [-0.39, 0.29) is 36.8 Å². The Morgan fingerprint density at radius 2 is 2.10 bits per heavy atom. The van der Waals surface area contributed by atoms with Crippen LogP contribution in [0.15, 0.2) is 18.2 Å². The minimum Gasteiger partial charge on any atom is -0.495 e. The molecule has 2 rings (SSSR count). The minimum atomic E-state index is -3.37. The number of carbonyl (C=O) groups excluding carboxylic acids is 2. The predicted molar refractivity (Wildman–Crippen MR) is 107 cm³/mol. The average Bonchev–Trinajstić information content (AvgIpc) is 3.06. The van der Waals surface area contributed by atoms with Crippen molar-refractivity contribution in [2.45, 2.75) is 25.8 Å². The molecule has 1 aromatic carbocycles. The molecule has 1 aliphatic heterocycles. The molecule has 2 atom stereocenters. The number of anilines is 1. The van der Waals surface area contributed by atoms with Crippen LogP contribution in [-0.2, 0) is 24.2 Å². The van der Waals surface area contributed by atoms with Gasteiger partial charge in [0.1, 0.15) is 21.6 Å². The van der Waals surface area contributed by atoms with Gasteiger partial charge >= 0.3 is 5.97 Å². The first-order valence-corrected chi connectivity index (χ1v) is 11.2. The number of carbonyl (C=O) groups is 3. The summed E-state index contributed by atoms with van der Waals surface area (Å²) in [7, 11) is -1.93. The first kappa shape index (κ1) is 23.0. The smallest absolute Gasteiger partial charge is 0.326 e. The van der Waals surface area contributed by atoms with Crippen LogP contribution in [0.5, 0.6) is 5.75 Å². The Morgan fingerprint density at radius 3 is 2.69 bits per heavy atom. The number of sulfone groups is 1. The Bertz CT molecular complexity index is 903. The number of ether oxygens (including phenoxy) is 1. The lowest BCUT2D eigenvalue weighted by Gasteiger charge is -2.20. The van der Waals surface area contributed by atoms with Gasteiger partial charge in [0, 0.05) is 23.7 Å². The van der Waals surface area contributed by atoms with Gasteiger partial charge in [0.15, 0.2) is 0 Å². The van der Waals surface area contributed by atoms with E-state index in [0.717, 1.165) is 0 Å². The summed E-state index contributed by atoms with van der Waals surface area (Å²) < 4.78 is 28.5. The van der Waals surface area contributed by atoms with Crippen molar-refractivity contribution in [2.75, 3.05) is 30.1 Å². The molecule has 1 aliphatic rings. The van der Waals surface area contributed by atoms with E-state index >= 15 is 0 Å². The number of hydrogen-bond acceptors (Lipinski definition) is 6. The maximum absolute atomic E-state index is 12.5. The quantitative estimate of drug-likeness (QED) is 0.580. The molecular weight excluding hydrogens is 424 g/mol. The van der Waals surface area contributed by atoms with Crippen molar-refractivity contribution in [3.63, 3.8) is 0 Å². The highest BCUT2D eigenvalue weighted by Crippen LogP contribution is 2.35.